The van der Waals surface area contributed by atoms with Gasteiger partial charge in [0.05, 0.1) is 7.11 Å². The maximum atomic E-state index is 8.80. The van der Waals surface area contributed by atoms with Gasteiger partial charge in [-0.3, -0.25) is 4.90 Å². The van der Waals surface area contributed by atoms with Crippen LogP contribution in [0.25, 0.3) is 0 Å². The van der Waals surface area contributed by atoms with Crippen LogP contribution in [-0.4, -0.2) is 61.8 Å². The summed E-state index contributed by atoms with van der Waals surface area (Å²) in [5, 5.41) is 8.80. The molecule has 0 amide bonds. The monoisotopic (exact) mass is 288 g/mol. The van der Waals surface area contributed by atoms with Gasteiger partial charge in [0.15, 0.2) is 0 Å². The summed E-state index contributed by atoms with van der Waals surface area (Å²) < 4.78 is 5.46. The predicted octanol–water partition coefficient (Wildman–Crippen LogP) is 1.18. The van der Waals surface area contributed by atoms with E-state index in [1.54, 1.807) is 7.11 Å². The van der Waals surface area contributed by atoms with E-state index < -0.39 is 0 Å². The molecule has 1 aromatic carbocycles. The van der Waals surface area contributed by atoms with Gasteiger partial charge in [0.1, 0.15) is 12.4 Å². The number of likely N-dealkylation sites (N-methyl/N-ethyl adjacent to an activating group) is 1. The van der Waals surface area contributed by atoms with E-state index in [1.165, 1.54) is 6.42 Å². The first kappa shape index (κ1) is 15.8. The van der Waals surface area contributed by atoms with Crippen LogP contribution in [0.4, 0.5) is 0 Å². The number of ether oxygens (including phenoxy) is 1. The number of aliphatic hydroxyl groups is 1. The molecule has 0 spiro atoms. The van der Waals surface area contributed by atoms with Crippen molar-refractivity contribution in [3.63, 3.8) is 0 Å². The molecule has 1 aliphatic rings. The number of hydrogen-bond donors (Lipinski definition) is 1. The highest BCUT2D eigenvalue weighted by Gasteiger charge is 2.14. The minimum absolute atomic E-state index is 0.111. The van der Waals surface area contributed by atoms with Crippen LogP contribution in [0.2, 0.25) is 0 Å². The van der Waals surface area contributed by atoms with Gasteiger partial charge < -0.3 is 14.7 Å². The molecule has 1 aromatic rings. The third-order valence-electron chi connectivity index (χ3n) is 3.80. The Hall–Kier alpha value is -1.54. The molecule has 21 heavy (non-hydrogen) atoms. The third-order valence-corrected chi connectivity index (χ3v) is 3.80. The van der Waals surface area contributed by atoms with Crippen molar-refractivity contribution in [2.75, 3.05) is 46.9 Å². The molecule has 0 unspecified atom stereocenters. The van der Waals surface area contributed by atoms with Crippen molar-refractivity contribution in [1.29, 1.82) is 0 Å². The van der Waals surface area contributed by atoms with E-state index in [1.807, 2.05) is 12.1 Å². The maximum Gasteiger partial charge on any atom is 0.123 e. The van der Waals surface area contributed by atoms with Gasteiger partial charge in [-0.05, 0) is 44.8 Å². The molecule has 2 rings (SSSR count). The number of nitrogens with zero attached hydrogens (tertiary/aromatic N) is 2. The fourth-order valence-electron chi connectivity index (χ4n) is 2.62. The Morgan fingerprint density at radius 1 is 1.24 bits per heavy atom. The Balaban J connectivity index is 2.12. The highest BCUT2D eigenvalue weighted by Crippen LogP contribution is 2.22. The predicted molar refractivity (Wildman–Crippen MR) is 84.3 cm³/mol. The van der Waals surface area contributed by atoms with E-state index in [9.17, 15) is 0 Å². The van der Waals surface area contributed by atoms with Crippen LogP contribution in [0.1, 0.15) is 17.5 Å². The lowest BCUT2D eigenvalue weighted by atomic mass is 10.1. The van der Waals surface area contributed by atoms with E-state index in [0.29, 0.717) is 0 Å². The summed E-state index contributed by atoms with van der Waals surface area (Å²) in [5.41, 5.74) is 2.08. The van der Waals surface area contributed by atoms with Crippen LogP contribution in [-0.2, 0) is 6.54 Å². The quantitative estimate of drug-likeness (QED) is 0.847. The number of methoxy groups -OCH3 is 1. The van der Waals surface area contributed by atoms with Gasteiger partial charge in [0.25, 0.3) is 0 Å². The Morgan fingerprint density at radius 2 is 2.10 bits per heavy atom. The first-order valence-electron chi connectivity index (χ1n) is 7.40. The minimum Gasteiger partial charge on any atom is -0.496 e. The summed E-state index contributed by atoms with van der Waals surface area (Å²) in [6.07, 6.45) is 1.20. The van der Waals surface area contributed by atoms with Crippen LogP contribution in [0.15, 0.2) is 18.2 Å². The lowest BCUT2D eigenvalue weighted by Gasteiger charge is -2.21. The number of rotatable bonds is 3. The van der Waals surface area contributed by atoms with Gasteiger partial charge in [0.2, 0.25) is 0 Å². The van der Waals surface area contributed by atoms with Gasteiger partial charge >= 0.3 is 0 Å². The highest BCUT2D eigenvalue weighted by atomic mass is 16.5. The van der Waals surface area contributed by atoms with Crippen molar-refractivity contribution >= 4 is 0 Å². The first-order chi connectivity index (χ1) is 10.2. The highest BCUT2D eigenvalue weighted by molar-refractivity contribution is 5.44. The van der Waals surface area contributed by atoms with Gasteiger partial charge in [-0.1, -0.05) is 11.8 Å². The third kappa shape index (κ3) is 4.75. The fourth-order valence-corrected chi connectivity index (χ4v) is 2.62. The molecule has 114 valence electrons. The number of aliphatic hydroxyl groups excluding tert-OH is 1. The average molecular weight is 288 g/mol. The normalized spacial score (nSPS) is 16.9. The molecule has 1 heterocycles. The molecular weight excluding hydrogens is 264 g/mol. The number of hydrogen-bond acceptors (Lipinski definition) is 4. The lowest BCUT2D eigenvalue weighted by molar-refractivity contribution is 0.265. The summed E-state index contributed by atoms with van der Waals surface area (Å²) >= 11 is 0. The smallest absolute Gasteiger partial charge is 0.123 e. The molecule has 0 atom stereocenters. The summed E-state index contributed by atoms with van der Waals surface area (Å²) in [5.74, 6) is 6.56. The molecule has 0 bridgehead atoms. The summed E-state index contributed by atoms with van der Waals surface area (Å²) in [6.45, 7) is 5.22. The van der Waals surface area contributed by atoms with Crippen molar-refractivity contribution in [3.05, 3.63) is 29.3 Å². The van der Waals surface area contributed by atoms with E-state index >= 15 is 0 Å². The standard InChI is InChI=1S/C17H24N2O2/c1-18-8-4-9-19(11-10-18)14-16-13-15(5-3-12-20)6-7-17(16)21-2/h6-7,13,20H,4,8-12,14H2,1-2H3. The largest absolute Gasteiger partial charge is 0.496 e. The van der Waals surface area contributed by atoms with Gasteiger partial charge in [-0.15, -0.1) is 0 Å². The van der Waals surface area contributed by atoms with Gasteiger partial charge in [-0.25, -0.2) is 0 Å². The van der Waals surface area contributed by atoms with Crippen molar-refractivity contribution in [2.45, 2.75) is 13.0 Å². The molecule has 4 heteroatoms. The Labute approximate surface area is 127 Å². The van der Waals surface area contributed by atoms with Crippen molar-refractivity contribution in [2.24, 2.45) is 0 Å². The van der Waals surface area contributed by atoms with Crippen LogP contribution in [0.5, 0.6) is 5.75 Å². The van der Waals surface area contributed by atoms with E-state index in [-0.39, 0.29) is 6.61 Å². The summed E-state index contributed by atoms with van der Waals surface area (Å²) in [6, 6.07) is 5.96. The van der Waals surface area contributed by atoms with Gasteiger partial charge in [0, 0.05) is 30.8 Å². The summed E-state index contributed by atoms with van der Waals surface area (Å²) in [7, 11) is 3.88. The fraction of sp³-hybridized carbons (Fsp3) is 0.529. The van der Waals surface area contributed by atoms with E-state index in [0.717, 1.165) is 49.6 Å². The number of benzene rings is 1. The molecule has 4 nitrogen and oxygen atoms in total. The van der Waals surface area contributed by atoms with Crippen LogP contribution < -0.4 is 4.74 Å². The zero-order valence-electron chi connectivity index (χ0n) is 12.9. The lowest BCUT2D eigenvalue weighted by Crippen LogP contribution is -2.28. The van der Waals surface area contributed by atoms with Crippen LogP contribution in [0, 0.1) is 11.8 Å². The average Bonchev–Trinajstić information content (AvgIpc) is 2.70. The Bertz CT molecular complexity index is 519. The zero-order chi connectivity index (χ0) is 15.1. The zero-order valence-corrected chi connectivity index (χ0v) is 12.9. The molecule has 1 aliphatic heterocycles. The van der Waals surface area contributed by atoms with Gasteiger partial charge in [-0.2, -0.15) is 0 Å². The Kier molecular flexibility index (Phi) is 6.06. The van der Waals surface area contributed by atoms with E-state index in [4.69, 9.17) is 9.84 Å². The molecular formula is C17H24N2O2. The summed E-state index contributed by atoms with van der Waals surface area (Å²) in [4.78, 5) is 4.84. The van der Waals surface area contributed by atoms with Crippen molar-refractivity contribution in [1.82, 2.24) is 9.80 Å². The second kappa shape index (κ2) is 8.04. The molecule has 1 saturated heterocycles. The molecule has 0 saturated carbocycles. The van der Waals surface area contributed by atoms with Crippen molar-refractivity contribution in [3.8, 4) is 17.6 Å². The SMILES string of the molecule is COc1ccc(C#CCO)cc1CN1CCCN(C)CC1. The second-order valence-corrected chi connectivity index (χ2v) is 5.42. The molecule has 0 aliphatic carbocycles. The first-order valence-corrected chi connectivity index (χ1v) is 7.40. The molecule has 0 radical (unpaired) electrons. The molecule has 0 aromatic heterocycles. The van der Waals surface area contributed by atoms with E-state index in [2.05, 4.69) is 34.8 Å². The maximum absolute atomic E-state index is 8.80. The van der Waals surface area contributed by atoms with Crippen molar-refractivity contribution < 1.29 is 9.84 Å². The van der Waals surface area contributed by atoms with Crippen LogP contribution >= 0.6 is 0 Å². The Morgan fingerprint density at radius 3 is 2.86 bits per heavy atom. The second-order valence-electron chi connectivity index (χ2n) is 5.42. The van der Waals surface area contributed by atoms with Crippen LogP contribution in [0.3, 0.4) is 0 Å². The molecule has 1 fully saturated rings. The topological polar surface area (TPSA) is 35.9 Å². The molecule has 1 N–H and O–H groups in total. The minimum atomic E-state index is -0.111.